The van der Waals surface area contributed by atoms with Crippen LogP contribution in [0.1, 0.15) is 39.9 Å². The Labute approximate surface area is 270 Å². The average Bonchev–Trinajstić information content (AvgIpc) is 3.46. The van der Waals surface area contributed by atoms with Crippen molar-refractivity contribution < 1.29 is 28.2 Å². The minimum atomic E-state index is -0.714. The molecule has 242 valence electrons. The van der Waals surface area contributed by atoms with Crippen LogP contribution in [0.3, 0.4) is 0 Å². The van der Waals surface area contributed by atoms with Crippen LogP contribution in [0.25, 0.3) is 11.1 Å². The molecule has 12 heteroatoms. The molecular weight excluding hydrogens is 605 g/mol. The Morgan fingerprint density at radius 2 is 1.79 bits per heavy atom. The third-order valence-corrected chi connectivity index (χ3v) is 8.32. The number of carbonyl (C=O) groups excluding carboxylic acids is 3. The van der Waals surface area contributed by atoms with Gasteiger partial charge < -0.3 is 30.0 Å². The second-order valence-corrected chi connectivity index (χ2v) is 11.6. The molecule has 7 rings (SSSR count). The van der Waals surface area contributed by atoms with Crippen LogP contribution in [-0.4, -0.2) is 64.4 Å². The number of benzene rings is 3. The molecule has 0 radical (unpaired) electrons. The Bertz CT molecular complexity index is 1890. The molecule has 1 aromatic heterocycles. The van der Waals surface area contributed by atoms with Crippen LogP contribution in [-0.2, 0) is 29.0 Å². The first kappa shape index (κ1) is 31.5. The second-order valence-electron chi connectivity index (χ2n) is 11.6. The summed E-state index contributed by atoms with van der Waals surface area (Å²) in [6.07, 6.45) is -0.304. The fourth-order valence-corrected chi connectivity index (χ4v) is 5.69. The van der Waals surface area contributed by atoms with E-state index in [2.05, 4.69) is 20.6 Å². The van der Waals surface area contributed by atoms with Crippen LogP contribution in [0.2, 0.25) is 0 Å². The molecule has 0 unspecified atom stereocenters. The number of nitrogens with zero attached hydrogens (tertiary/aromatic N) is 2. The molecule has 0 spiro atoms. The number of likely N-dealkylation sites (tertiary alicyclic amines) is 1. The van der Waals surface area contributed by atoms with Crippen LogP contribution in [0.15, 0.2) is 71.5 Å². The van der Waals surface area contributed by atoms with Gasteiger partial charge in [0.2, 0.25) is 5.91 Å². The summed E-state index contributed by atoms with van der Waals surface area (Å²) in [5.41, 5.74) is 2.27. The van der Waals surface area contributed by atoms with E-state index in [9.17, 15) is 19.2 Å². The second kappa shape index (κ2) is 13.5. The molecule has 3 amide bonds. The van der Waals surface area contributed by atoms with Gasteiger partial charge in [-0.15, -0.1) is 0 Å². The third kappa shape index (κ3) is 7.16. The van der Waals surface area contributed by atoms with Crippen molar-refractivity contribution in [1.82, 2.24) is 25.5 Å². The van der Waals surface area contributed by atoms with Gasteiger partial charge in [-0.1, -0.05) is 37.3 Å². The molecule has 11 nitrogen and oxygen atoms in total. The molecule has 2 atom stereocenters. The molecule has 47 heavy (non-hydrogen) atoms. The number of rotatable bonds is 3. The third-order valence-electron chi connectivity index (χ3n) is 8.32. The van der Waals surface area contributed by atoms with Gasteiger partial charge in [-0.2, -0.15) is 0 Å². The number of hydrogen-bond acceptors (Lipinski definition) is 7. The van der Waals surface area contributed by atoms with Crippen molar-refractivity contribution in [3.8, 4) is 22.6 Å². The lowest BCUT2D eigenvalue weighted by Gasteiger charge is -2.21. The average molecular weight is 640 g/mol. The summed E-state index contributed by atoms with van der Waals surface area (Å²) in [4.78, 5) is 60.9. The van der Waals surface area contributed by atoms with Crippen molar-refractivity contribution in [2.75, 3.05) is 19.7 Å². The zero-order valence-corrected chi connectivity index (χ0v) is 26.0. The number of amides is 3. The van der Waals surface area contributed by atoms with E-state index in [4.69, 9.17) is 9.47 Å². The van der Waals surface area contributed by atoms with Gasteiger partial charge in [0.1, 0.15) is 29.2 Å². The first-order valence-corrected chi connectivity index (χ1v) is 15.4. The maximum absolute atomic E-state index is 15.1. The fraction of sp³-hybridized carbons (Fsp3) is 0.286. The highest BCUT2D eigenvalue weighted by atomic mass is 19.1. The zero-order chi connectivity index (χ0) is 33.1. The predicted molar refractivity (Wildman–Crippen MR) is 171 cm³/mol. The highest BCUT2D eigenvalue weighted by Gasteiger charge is 2.38. The Morgan fingerprint density at radius 3 is 2.55 bits per heavy atom. The van der Waals surface area contributed by atoms with Crippen LogP contribution in [0.4, 0.5) is 4.39 Å². The number of aromatic nitrogens is 2. The number of ether oxygens (including phenoxy) is 2. The Morgan fingerprint density at radius 1 is 1.00 bits per heavy atom. The van der Waals surface area contributed by atoms with E-state index in [1.54, 1.807) is 61.5 Å². The molecule has 3 aromatic carbocycles. The molecular formula is C35H34FN5O6. The van der Waals surface area contributed by atoms with E-state index in [-0.39, 0.29) is 61.2 Å². The Balaban J connectivity index is 1.30. The minimum Gasteiger partial charge on any atom is -0.486 e. The van der Waals surface area contributed by atoms with E-state index < -0.39 is 23.9 Å². The van der Waals surface area contributed by atoms with E-state index >= 15 is 4.39 Å². The van der Waals surface area contributed by atoms with E-state index in [1.807, 2.05) is 6.92 Å². The zero-order valence-electron chi connectivity index (χ0n) is 26.0. The lowest BCUT2D eigenvalue weighted by molar-refractivity contribution is -0.129. The quantitative estimate of drug-likeness (QED) is 0.313. The largest absolute Gasteiger partial charge is 0.486 e. The summed E-state index contributed by atoms with van der Waals surface area (Å²) >= 11 is 0. The Kier molecular flexibility index (Phi) is 9.01. The number of aryl methyl sites for hydroxylation is 2. The summed E-state index contributed by atoms with van der Waals surface area (Å²) in [6.45, 7) is 3.85. The molecule has 4 heterocycles. The fourth-order valence-electron chi connectivity index (χ4n) is 5.69. The van der Waals surface area contributed by atoms with E-state index in [0.717, 1.165) is 5.56 Å². The number of carbonyl (C=O) groups is 3. The van der Waals surface area contributed by atoms with Crippen molar-refractivity contribution in [1.29, 1.82) is 0 Å². The molecule has 4 aromatic rings. The summed E-state index contributed by atoms with van der Waals surface area (Å²) in [6, 6.07) is 17.5. The maximum atomic E-state index is 15.1. The molecule has 0 saturated carbocycles. The molecule has 6 bridgehead atoms. The van der Waals surface area contributed by atoms with Crippen molar-refractivity contribution in [2.24, 2.45) is 0 Å². The highest BCUT2D eigenvalue weighted by molar-refractivity contribution is 5.96. The summed E-state index contributed by atoms with van der Waals surface area (Å²) < 4.78 is 27.1. The topological polar surface area (TPSA) is 143 Å². The van der Waals surface area contributed by atoms with Gasteiger partial charge in [-0.05, 0) is 60.0 Å². The van der Waals surface area contributed by atoms with Gasteiger partial charge in [-0.3, -0.25) is 19.2 Å². The van der Waals surface area contributed by atoms with Crippen LogP contribution in [0, 0.1) is 12.7 Å². The van der Waals surface area contributed by atoms with Gasteiger partial charge in [0, 0.05) is 30.8 Å². The minimum absolute atomic E-state index is 0.0808. The molecule has 1 saturated heterocycles. The normalized spacial score (nSPS) is 18.0. The number of H-pyrrole nitrogens is 1. The maximum Gasteiger partial charge on any atom is 0.258 e. The van der Waals surface area contributed by atoms with Crippen molar-refractivity contribution >= 4 is 17.7 Å². The predicted octanol–water partition coefficient (Wildman–Crippen LogP) is 3.09. The molecule has 3 aliphatic heterocycles. The smallest absolute Gasteiger partial charge is 0.258 e. The number of aromatic amines is 1. The van der Waals surface area contributed by atoms with Gasteiger partial charge in [0.25, 0.3) is 17.4 Å². The SMILES string of the molecule is CCc1nc(C)c(CC(=O)N2C[C@@H]3NC(=O)c4cc(ccc4F)-c4cccc(c4)OCC(=O)NCc4ccc(cc4)O[C@H]3C2)c(=O)[nH]1. The standard InChI is InChI=1S/C35H34FN5O6/c1-3-31-38-20(2)26(34(44)40-31)15-33(43)41-17-29-30(18-41)47-24-10-7-21(8-11-24)16-37-32(42)19-46-25-6-4-5-22(13-25)23-9-12-28(36)27(14-23)35(45)39-29/h4-14,29-30H,3,15-19H2,1-2H3,(H,37,42)(H,39,45)(H,38,40,44)/t29-,30-/m0/s1. The van der Waals surface area contributed by atoms with Gasteiger partial charge >= 0.3 is 0 Å². The monoisotopic (exact) mass is 639 g/mol. The lowest BCUT2D eigenvalue weighted by Crippen LogP contribution is -2.45. The highest BCUT2D eigenvalue weighted by Crippen LogP contribution is 2.27. The summed E-state index contributed by atoms with van der Waals surface area (Å²) in [5, 5.41) is 5.72. The van der Waals surface area contributed by atoms with Gasteiger partial charge in [0.05, 0.1) is 24.6 Å². The molecule has 1 fully saturated rings. The van der Waals surface area contributed by atoms with E-state index in [1.165, 1.54) is 17.0 Å². The first-order chi connectivity index (χ1) is 22.7. The molecule has 0 aliphatic carbocycles. The summed E-state index contributed by atoms with van der Waals surface area (Å²) in [5.74, 6) is -0.557. The van der Waals surface area contributed by atoms with Gasteiger partial charge in [-0.25, -0.2) is 9.37 Å². The van der Waals surface area contributed by atoms with Gasteiger partial charge in [0.15, 0.2) is 6.61 Å². The van der Waals surface area contributed by atoms with Crippen molar-refractivity contribution in [3.05, 3.63) is 111 Å². The van der Waals surface area contributed by atoms with Crippen LogP contribution in [0.5, 0.6) is 11.5 Å². The number of hydrogen-bond donors (Lipinski definition) is 3. The first-order valence-electron chi connectivity index (χ1n) is 15.4. The number of halogens is 1. The lowest BCUT2D eigenvalue weighted by atomic mass is 10.0. The molecule has 3 aliphatic rings. The Hall–Kier alpha value is -5.52. The van der Waals surface area contributed by atoms with Crippen LogP contribution >= 0.6 is 0 Å². The van der Waals surface area contributed by atoms with Crippen LogP contribution < -0.4 is 25.7 Å². The number of nitrogens with one attached hydrogen (secondary N) is 3. The van der Waals surface area contributed by atoms with Crippen molar-refractivity contribution in [3.63, 3.8) is 0 Å². The number of fused-ring (bicyclic) bond motifs is 7. The van der Waals surface area contributed by atoms with E-state index in [0.29, 0.717) is 40.6 Å². The summed E-state index contributed by atoms with van der Waals surface area (Å²) in [7, 11) is 0. The molecule has 3 N–H and O–H groups in total. The van der Waals surface area contributed by atoms with Crippen molar-refractivity contribution in [2.45, 2.75) is 45.4 Å².